The molecule has 1 aliphatic carbocycles. The molecule has 3 atom stereocenters. The number of hydrogen-bond donors (Lipinski definition) is 2. The zero-order valence-corrected chi connectivity index (χ0v) is 12.9. The summed E-state index contributed by atoms with van der Waals surface area (Å²) in [5, 5.41) is 7.09. The zero-order valence-electron chi connectivity index (χ0n) is 12.9. The number of allylic oxidation sites excluding steroid dienone is 2. The Balaban J connectivity index is 1.64. The van der Waals surface area contributed by atoms with Gasteiger partial charge in [0.25, 0.3) is 0 Å². The Bertz CT molecular complexity index is 294. The topological polar surface area (TPSA) is 27.3 Å². The molecule has 0 unspecified atom stereocenters. The lowest BCUT2D eigenvalue weighted by atomic mass is 9.75. The maximum Gasteiger partial charge on any atom is 0.0108 e. The normalized spacial score (nSPS) is 33.2. The van der Waals surface area contributed by atoms with Crippen molar-refractivity contribution in [3.8, 4) is 0 Å². The van der Waals surface area contributed by atoms with Gasteiger partial charge in [-0.05, 0) is 37.6 Å². The molecule has 110 valence electrons. The molecule has 0 spiro atoms. The van der Waals surface area contributed by atoms with Crippen LogP contribution in [0.1, 0.15) is 27.2 Å². The van der Waals surface area contributed by atoms with Crippen LogP contribution in [0.15, 0.2) is 11.6 Å². The number of piperazine rings is 1. The van der Waals surface area contributed by atoms with Gasteiger partial charge in [0, 0.05) is 39.3 Å². The second-order valence-electron chi connectivity index (χ2n) is 6.51. The quantitative estimate of drug-likeness (QED) is 0.585. The Morgan fingerprint density at radius 1 is 1.32 bits per heavy atom. The first-order valence-electron chi connectivity index (χ1n) is 7.98. The van der Waals surface area contributed by atoms with Crippen LogP contribution in [0, 0.1) is 17.8 Å². The predicted octanol–water partition coefficient (Wildman–Crippen LogP) is 1.72. The third-order valence-electron chi connectivity index (χ3n) is 4.79. The van der Waals surface area contributed by atoms with Crippen molar-refractivity contribution in [1.29, 1.82) is 0 Å². The smallest absolute Gasteiger partial charge is 0.0108 e. The monoisotopic (exact) mass is 265 g/mol. The number of hydrogen-bond acceptors (Lipinski definition) is 3. The van der Waals surface area contributed by atoms with E-state index in [9.17, 15) is 0 Å². The van der Waals surface area contributed by atoms with Crippen molar-refractivity contribution in [2.45, 2.75) is 27.2 Å². The van der Waals surface area contributed by atoms with Crippen LogP contribution in [-0.4, -0.2) is 50.7 Å². The highest BCUT2D eigenvalue weighted by Crippen LogP contribution is 2.32. The van der Waals surface area contributed by atoms with Crippen LogP contribution in [0.25, 0.3) is 0 Å². The molecule has 0 saturated carbocycles. The fraction of sp³-hybridized carbons (Fsp3) is 0.875. The number of rotatable bonds is 5. The largest absolute Gasteiger partial charge is 0.315 e. The maximum atomic E-state index is 3.69. The first-order valence-corrected chi connectivity index (χ1v) is 7.98. The van der Waals surface area contributed by atoms with Crippen molar-refractivity contribution in [2.75, 3.05) is 45.8 Å². The summed E-state index contributed by atoms with van der Waals surface area (Å²) < 4.78 is 0. The van der Waals surface area contributed by atoms with Gasteiger partial charge in [-0.25, -0.2) is 0 Å². The van der Waals surface area contributed by atoms with Crippen LogP contribution >= 0.6 is 0 Å². The minimum absolute atomic E-state index is 0.732. The molecule has 0 aromatic heterocycles. The SMILES string of the molecule is CC1=C[C@@H](C)[C@H](CNCCN2CCNCC2)[C@H](C)C1. The summed E-state index contributed by atoms with van der Waals surface area (Å²) in [4.78, 5) is 2.56. The van der Waals surface area contributed by atoms with E-state index in [0.29, 0.717) is 0 Å². The Morgan fingerprint density at radius 2 is 2.05 bits per heavy atom. The molecular formula is C16H31N3. The van der Waals surface area contributed by atoms with Gasteiger partial charge in [0.2, 0.25) is 0 Å². The van der Waals surface area contributed by atoms with E-state index in [0.717, 1.165) is 37.4 Å². The highest BCUT2D eigenvalue weighted by Gasteiger charge is 2.26. The first-order chi connectivity index (χ1) is 9.16. The zero-order chi connectivity index (χ0) is 13.7. The molecule has 1 fully saturated rings. The van der Waals surface area contributed by atoms with Crippen LogP contribution in [0.4, 0.5) is 0 Å². The minimum Gasteiger partial charge on any atom is -0.315 e. The molecule has 2 rings (SSSR count). The maximum absolute atomic E-state index is 3.69. The Morgan fingerprint density at radius 3 is 2.74 bits per heavy atom. The summed E-state index contributed by atoms with van der Waals surface area (Å²) >= 11 is 0. The first kappa shape index (κ1) is 15.0. The number of nitrogens with zero attached hydrogens (tertiary/aromatic N) is 1. The van der Waals surface area contributed by atoms with Crippen LogP contribution in [0.2, 0.25) is 0 Å². The van der Waals surface area contributed by atoms with Crippen LogP contribution in [-0.2, 0) is 0 Å². The second-order valence-corrected chi connectivity index (χ2v) is 6.51. The second kappa shape index (κ2) is 7.41. The molecule has 3 heteroatoms. The van der Waals surface area contributed by atoms with Gasteiger partial charge < -0.3 is 10.6 Å². The molecule has 0 aromatic carbocycles. The predicted molar refractivity (Wildman–Crippen MR) is 82.4 cm³/mol. The average molecular weight is 265 g/mol. The van der Waals surface area contributed by atoms with E-state index in [1.54, 1.807) is 5.57 Å². The van der Waals surface area contributed by atoms with E-state index in [2.05, 4.69) is 42.4 Å². The van der Waals surface area contributed by atoms with Gasteiger partial charge in [0.05, 0.1) is 0 Å². The van der Waals surface area contributed by atoms with Gasteiger partial charge in [0.1, 0.15) is 0 Å². The van der Waals surface area contributed by atoms with Crippen molar-refractivity contribution < 1.29 is 0 Å². The molecule has 1 heterocycles. The molecule has 3 nitrogen and oxygen atoms in total. The minimum atomic E-state index is 0.732. The molecule has 0 radical (unpaired) electrons. The lowest BCUT2D eigenvalue weighted by Crippen LogP contribution is -2.46. The van der Waals surface area contributed by atoms with Crippen LogP contribution in [0.3, 0.4) is 0 Å². The van der Waals surface area contributed by atoms with Crippen molar-refractivity contribution in [3.63, 3.8) is 0 Å². The molecule has 2 N–H and O–H groups in total. The molecule has 19 heavy (non-hydrogen) atoms. The molecule has 0 bridgehead atoms. The summed E-state index contributed by atoms with van der Waals surface area (Å²) in [6.07, 6.45) is 3.76. The summed E-state index contributed by atoms with van der Waals surface area (Å²) in [6.45, 7) is 15.3. The van der Waals surface area contributed by atoms with E-state index in [1.807, 2.05) is 0 Å². The van der Waals surface area contributed by atoms with Crippen molar-refractivity contribution in [2.24, 2.45) is 17.8 Å². The Kier molecular flexibility index (Phi) is 5.86. The van der Waals surface area contributed by atoms with E-state index < -0.39 is 0 Å². The van der Waals surface area contributed by atoms with Crippen molar-refractivity contribution in [3.05, 3.63) is 11.6 Å². The van der Waals surface area contributed by atoms with E-state index in [1.165, 1.54) is 32.6 Å². The average Bonchev–Trinajstić information content (AvgIpc) is 2.38. The molecule has 2 aliphatic rings. The van der Waals surface area contributed by atoms with Crippen LogP contribution < -0.4 is 10.6 Å². The summed E-state index contributed by atoms with van der Waals surface area (Å²) in [7, 11) is 0. The Labute approximate surface area is 118 Å². The van der Waals surface area contributed by atoms with Crippen molar-refractivity contribution in [1.82, 2.24) is 15.5 Å². The van der Waals surface area contributed by atoms with E-state index in [-0.39, 0.29) is 0 Å². The lowest BCUT2D eigenvalue weighted by Gasteiger charge is -2.33. The highest BCUT2D eigenvalue weighted by molar-refractivity contribution is 5.08. The van der Waals surface area contributed by atoms with E-state index in [4.69, 9.17) is 0 Å². The van der Waals surface area contributed by atoms with Gasteiger partial charge in [0.15, 0.2) is 0 Å². The summed E-state index contributed by atoms with van der Waals surface area (Å²) in [6, 6.07) is 0. The number of nitrogens with one attached hydrogen (secondary N) is 2. The van der Waals surface area contributed by atoms with E-state index >= 15 is 0 Å². The Hall–Kier alpha value is -0.380. The third-order valence-corrected chi connectivity index (χ3v) is 4.79. The summed E-state index contributed by atoms with van der Waals surface area (Å²) in [5.41, 5.74) is 1.58. The fourth-order valence-electron chi connectivity index (χ4n) is 3.65. The van der Waals surface area contributed by atoms with Crippen molar-refractivity contribution >= 4 is 0 Å². The fourth-order valence-corrected chi connectivity index (χ4v) is 3.65. The van der Waals surface area contributed by atoms with Gasteiger partial charge in [-0.1, -0.05) is 25.5 Å². The lowest BCUT2D eigenvalue weighted by molar-refractivity contribution is 0.227. The standard InChI is InChI=1S/C16H31N3/c1-13-10-14(2)16(15(3)11-13)12-18-6-9-19-7-4-17-5-8-19/h10,14-18H,4-9,11-12H2,1-3H3/t14-,15-,16+/m1/s1. The van der Waals surface area contributed by atoms with Gasteiger partial charge in [-0.15, -0.1) is 0 Å². The van der Waals surface area contributed by atoms with Gasteiger partial charge in [-0.3, -0.25) is 4.90 Å². The summed E-state index contributed by atoms with van der Waals surface area (Å²) in [5.74, 6) is 2.37. The molecule has 1 saturated heterocycles. The van der Waals surface area contributed by atoms with Crippen LogP contribution in [0.5, 0.6) is 0 Å². The molecular weight excluding hydrogens is 234 g/mol. The highest BCUT2D eigenvalue weighted by atomic mass is 15.2. The molecule has 1 aliphatic heterocycles. The third kappa shape index (κ3) is 4.59. The molecule has 0 aromatic rings. The molecule has 0 amide bonds. The van der Waals surface area contributed by atoms with Gasteiger partial charge in [-0.2, -0.15) is 0 Å². The van der Waals surface area contributed by atoms with Gasteiger partial charge >= 0.3 is 0 Å².